The lowest BCUT2D eigenvalue weighted by atomic mass is 9.70. The molecule has 1 saturated heterocycles. The van der Waals surface area contributed by atoms with Crippen molar-refractivity contribution < 1.29 is 41.0 Å². The number of fused-ring (bicyclic) bond motifs is 2. The number of pyridine rings is 2. The summed E-state index contributed by atoms with van der Waals surface area (Å²) in [4.78, 5) is 19.9. The van der Waals surface area contributed by atoms with Gasteiger partial charge in [0.1, 0.15) is 17.3 Å². The summed E-state index contributed by atoms with van der Waals surface area (Å²) < 4.78 is 84.5. The summed E-state index contributed by atoms with van der Waals surface area (Å²) >= 11 is 0. The minimum absolute atomic E-state index is 0.0226. The molecule has 0 aliphatic carbocycles. The van der Waals surface area contributed by atoms with Gasteiger partial charge in [0, 0.05) is 44.4 Å². The topological polar surface area (TPSA) is 151 Å². The van der Waals surface area contributed by atoms with Crippen LogP contribution in [0, 0.1) is 26.2 Å². The number of ether oxygens (including phenoxy) is 2. The molecule has 5 heterocycles. The molecule has 1 unspecified atom stereocenters. The van der Waals surface area contributed by atoms with Gasteiger partial charge >= 0.3 is 12.1 Å². The monoisotopic (exact) mass is 815 g/mol. The first-order valence-electron chi connectivity index (χ1n) is 19.3. The third-order valence-electron chi connectivity index (χ3n) is 11.0. The van der Waals surface area contributed by atoms with Gasteiger partial charge in [0.2, 0.25) is 21.7 Å². The van der Waals surface area contributed by atoms with Gasteiger partial charge in [-0.2, -0.15) is 22.5 Å². The van der Waals surface area contributed by atoms with Gasteiger partial charge in [-0.05, 0) is 119 Å². The normalized spacial score (nSPS) is 18.6. The van der Waals surface area contributed by atoms with E-state index in [1.807, 2.05) is 13.8 Å². The van der Waals surface area contributed by atoms with Crippen molar-refractivity contribution in [1.82, 2.24) is 28.8 Å². The molecule has 0 bridgehead atoms. The fourth-order valence-electron chi connectivity index (χ4n) is 7.82. The number of carbonyl (C=O) groups is 1. The smallest absolute Gasteiger partial charge is 0.452 e. The number of nitrogens with one attached hydrogen (secondary N) is 1. The van der Waals surface area contributed by atoms with Gasteiger partial charge in [-0.15, -0.1) is 10.2 Å². The molecule has 17 heteroatoms. The summed E-state index contributed by atoms with van der Waals surface area (Å²) in [6.45, 7) is 14.1. The van der Waals surface area contributed by atoms with Crippen molar-refractivity contribution in [3.8, 4) is 5.88 Å². The Morgan fingerprint density at radius 2 is 1.70 bits per heavy atom. The van der Waals surface area contributed by atoms with Crippen LogP contribution in [0.4, 0.5) is 19.0 Å². The molecule has 2 aliphatic rings. The predicted octanol–water partition coefficient (Wildman–Crippen LogP) is 6.59. The van der Waals surface area contributed by atoms with Crippen molar-refractivity contribution in [3.63, 3.8) is 0 Å². The minimum atomic E-state index is -4.75. The number of rotatable bonds is 10. The molecule has 2 N–H and O–H groups in total. The van der Waals surface area contributed by atoms with Gasteiger partial charge in [0.05, 0.1) is 12.0 Å². The Morgan fingerprint density at radius 1 is 0.965 bits per heavy atom. The van der Waals surface area contributed by atoms with E-state index in [1.165, 1.54) is 35.8 Å². The van der Waals surface area contributed by atoms with Gasteiger partial charge in [-0.1, -0.05) is 24.6 Å². The van der Waals surface area contributed by atoms with Gasteiger partial charge in [0.25, 0.3) is 0 Å². The zero-order valence-corrected chi connectivity index (χ0v) is 34.1. The van der Waals surface area contributed by atoms with Crippen LogP contribution in [0.1, 0.15) is 91.6 Å². The highest BCUT2D eigenvalue weighted by molar-refractivity contribution is 7.89. The van der Waals surface area contributed by atoms with Crippen LogP contribution in [0.25, 0.3) is 5.65 Å². The molecule has 1 aromatic carbocycles. The Hall–Kier alpha value is -4.32. The number of anilines is 1. The average molecular weight is 816 g/mol. The molecule has 2 atom stereocenters. The first-order chi connectivity index (χ1) is 26.9. The first kappa shape index (κ1) is 42.3. The zero-order valence-electron chi connectivity index (χ0n) is 33.3. The number of aromatic nitrogens is 4. The fraction of sp³-hybridized carbons (Fsp3) is 0.550. The summed E-state index contributed by atoms with van der Waals surface area (Å²) in [5, 5.41) is 21.1. The number of alkyl halides is 3. The number of piperidine rings is 1. The van der Waals surface area contributed by atoms with E-state index in [-0.39, 0.29) is 48.8 Å². The summed E-state index contributed by atoms with van der Waals surface area (Å²) in [6.07, 6.45) is 0.443. The number of benzene rings is 1. The maximum atomic E-state index is 14.7. The highest BCUT2D eigenvalue weighted by atomic mass is 32.2. The van der Waals surface area contributed by atoms with Gasteiger partial charge in [0.15, 0.2) is 5.65 Å². The number of hydrogen-bond acceptors (Lipinski definition) is 10. The number of nitrogens with zero attached hydrogens (tertiary/aromatic N) is 6. The number of sulfonamides is 1. The second-order valence-electron chi connectivity index (χ2n) is 15.8. The van der Waals surface area contributed by atoms with E-state index in [4.69, 9.17) is 14.5 Å². The van der Waals surface area contributed by atoms with E-state index in [9.17, 15) is 31.5 Å². The second-order valence-corrected chi connectivity index (χ2v) is 17.7. The highest BCUT2D eigenvalue weighted by Gasteiger charge is 2.42. The van der Waals surface area contributed by atoms with Gasteiger partial charge in [-0.25, -0.2) is 8.42 Å². The molecule has 1 fully saturated rings. The third-order valence-corrected chi connectivity index (χ3v) is 12.9. The Balaban J connectivity index is 1.37. The van der Waals surface area contributed by atoms with E-state index >= 15 is 0 Å². The lowest BCUT2D eigenvalue weighted by molar-refractivity contribution is -0.147. The Bertz CT molecular complexity index is 2210. The molecule has 57 heavy (non-hydrogen) atoms. The van der Waals surface area contributed by atoms with Crippen LogP contribution < -0.4 is 10.1 Å². The Kier molecular flexibility index (Phi) is 12.5. The molecule has 0 amide bonds. The summed E-state index contributed by atoms with van der Waals surface area (Å²) in [5.74, 6) is -2.67. The van der Waals surface area contributed by atoms with Gasteiger partial charge < -0.3 is 24.8 Å². The molecule has 3 aromatic heterocycles. The maximum Gasteiger partial charge on any atom is 0.452 e. The number of halogens is 3. The molecule has 310 valence electrons. The van der Waals surface area contributed by atoms with Crippen molar-refractivity contribution in [2.75, 3.05) is 51.3 Å². The summed E-state index contributed by atoms with van der Waals surface area (Å²) in [6, 6.07) is 8.48. The molecule has 0 spiro atoms. The molecule has 0 radical (unpaired) electrons. The number of carboxylic acids is 1. The van der Waals surface area contributed by atoms with Crippen LogP contribution in [-0.4, -0.2) is 100 Å². The number of aliphatic carboxylic acids is 1. The van der Waals surface area contributed by atoms with E-state index in [1.54, 1.807) is 45.0 Å². The Morgan fingerprint density at radius 3 is 2.40 bits per heavy atom. The highest BCUT2D eigenvalue weighted by Crippen LogP contribution is 2.44. The van der Waals surface area contributed by atoms with Crippen molar-refractivity contribution in [1.29, 1.82) is 0 Å². The quantitative estimate of drug-likeness (QED) is 0.179. The molecule has 2 aliphatic heterocycles. The number of aryl methyl sites for hydroxylation is 3. The van der Waals surface area contributed by atoms with Crippen LogP contribution >= 0.6 is 0 Å². The lowest BCUT2D eigenvalue weighted by Crippen LogP contribution is -2.38. The van der Waals surface area contributed by atoms with E-state index in [2.05, 4.69) is 27.3 Å². The number of likely N-dealkylation sites (tertiary alicyclic amines) is 1. The summed E-state index contributed by atoms with van der Waals surface area (Å²) in [5.41, 5.74) is 1.86. The maximum absolute atomic E-state index is 14.7. The van der Waals surface area contributed by atoms with Crippen LogP contribution in [0.15, 0.2) is 41.4 Å². The largest absolute Gasteiger partial charge is 0.481 e. The predicted molar refractivity (Wildman–Crippen MR) is 208 cm³/mol. The zero-order chi connectivity index (χ0) is 41.3. The lowest BCUT2D eigenvalue weighted by Gasteiger charge is -2.33. The minimum Gasteiger partial charge on any atom is -0.481 e. The van der Waals surface area contributed by atoms with Crippen molar-refractivity contribution in [3.05, 3.63) is 75.7 Å². The number of carboxylic acid groups (broad SMARTS) is 1. The van der Waals surface area contributed by atoms with E-state index < -0.39 is 39.3 Å². The second kappa shape index (κ2) is 16.9. The van der Waals surface area contributed by atoms with Crippen molar-refractivity contribution in [2.45, 2.75) is 96.8 Å². The van der Waals surface area contributed by atoms with Crippen molar-refractivity contribution in [2.24, 2.45) is 5.41 Å². The molecular formula is C40H52F3N7O6S. The third kappa shape index (κ3) is 9.06. The van der Waals surface area contributed by atoms with Crippen LogP contribution in [0.5, 0.6) is 5.88 Å². The average Bonchev–Trinajstić information content (AvgIpc) is 3.59. The fourth-order valence-corrected chi connectivity index (χ4v) is 9.43. The SMILES string of the molecule is Cc1ccc([C@H](c2ccn3c(C(F)(F)F)nnc3c2C)C(C)(C)C(=O)O)cc1CN1CCCOCCOc2nc(NC(C)CN3CCCCC3)c(C)cc2S1(=O)=O. The standard InChI is InChI=1S/C40H52F3N7O6S/c1-25-11-12-29(33(39(5,6)38(51)52)31-13-17-50-35(28(31)4)46-47-37(50)40(41,42)43)22-30(25)24-49-16-10-18-55-19-20-56-36-32(57(49,53)54)21-26(2)34(45-36)44-27(3)23-48-14-8-7-9-15-48/h11-13,17,21-22,27,33H,7-10,14-16,18-20,23-24H2,1-6H3,(H,44,45)(H,51,52)/t27?,33-/m1/s1. The number of hydrogen-bond donors (Lipinski definition) is 2. The van der Waals surface area contributed by atoms with E-state index in [0.29, 0.717) is 46.7 Å². The molecule has 0 saturated carbocycles. The Labute approximate surface area is 331 Å². The van der Waals surface area contributed by atoms with Gasteiger partial charge in [-0.3, -0.25) is 9.20 Å². The van der Waals surface area contributed by atoms with Crippen molar-refractivity contribution >= 4 is 27.5 Å². The molecule has 6 rings (SSSR count). The summed E-state index contributed by atoms with van der Waals surface area (Å²) in [7, 11) is -4.22. The van der Waals surface area contributed by atoms with E-state index in [0.717, 1.165) is 29.6 Å². The molecule has 13 nitrogen and oxygen atoms in total. The molecular weight excluding hydrogens is 764 g/mol. The van der Waals surface area contributed by atoms with Crippen LogP contribution in [0.3, 0.4) is 0 Å². The van der Waals surface area contributed by atoms with Crippen LogP contribution in [0.2, 0.25) is 0 Å². The molecule has 4 aromatic rings. The first-order valence-corrected chi connectivity index (χ1v) is 20.8. The van der Waals surface area contributed by atoms with Crippen LogP contribution in [-0.2, 0) is 32.3 Å².